The van der Waals surface area contributed by atoms with Crippen molar-refractivity contribution in [2.45, 2.75) is 6.61 Å². The van der Waals surface area contributed by atoms with E-state index in [0.29, 0.717) is 29.8 Å². The molecule has 16 heavy (non-hydrogen) atoms. The van der Waals surface area contributed by atoms with Crippen molar-refractivity contribution in [3.63, 3.8) is 0 Å². The molecule has 0 heterocycles. The van der Waals surface area contributed by atoms with Crippen molar-refractivity contribution in [3.8, 4) is 0 Å². The van der Waals surface area contributed by atoms with Gasteiger partial charge in [-0.25, -0.2) is 0 Å². The monoisotopic (exact) mass is 261 g/mol. The van der Waals surface area contributed by atoms with Gasteiger partial charge in [-0.05, 0) is 17.7 Å². The third-order valence-electron chi connectivity index (χ3n) is 1.80. The van der Waals surface area contributed by atoms with Gasteiger partial charge in [-0.1, -0.05) is 29.3 Å². The second kappa shape index (κ2) is 6.58. The Morgan fingerprint density at radius 1 is 1.31 bits per heavy atom. The molecule has 88 valence electrons. The maximum atomic E-state index is 5.96. The highest BCUT2D eigenvalue weighted by Gasteiger charge is 2.00. The van der Waals surface area contributed by atoms with Gasteiger partial charge < -0.3 is 16.2 Å². The molecule has 0 saturated heterocycles. The Morgan fingerprint density at radius 3 is 2.69 bits per heavy atom. The first-order chi connectivity index (χ1) is 7.59. The van der Waals surface area contributed by atoms with Crippen LogP contribution in [-0.4, -0.2) is 19.1 Å². The molecule has 4 N–H and O–H groups in total. The lowest BCUT2D eigenvalue weighted by Gasteiger charge is -2.05. The first-order valence-electron chi connectivity index (χ1n) is 4.66. The van der Waals surface area contributed by atoms with Gasteiger partial charge in [-0.3, -0.25) is 4.99 Å². The minimum absolute atomic E-state index is 0.0631. The van der Waals surface area contributed by atoms with Gasteiger partial charge in [0.05, 0.1) is 19.8 Å². The largest absolute Gasteiger partial charge is 0.375 e. The number of hydrogen-bond acceptors (Lipinski definition) is 2. The molecule has 0 aliphatic carbocycles. The molecule has 4 nitrogen and oxygen atoms in total. The summed E-state index contributed by atoms with van der Waals surface area (Å²) in [6, 6.07) is 5.27. The zero-order valence-electron chi connectivity index (χ0n) is 8.62. The lowest BCUT2D eigenvalue weighted by atomic mass is 10.2. The van der Waals surface area contributed by atoms with E-state index in [4.69, 9.17) is 39.4 Å². The van der Waals surface area contributed by atoms with Crippen LogP contribution in [0.1, 0.15) is 5.56 Å². The van der Waals surface area contributed by atoms with E-state index in [1.807, 2.05) is 6.07 Å². The molecule has 6 heteroatoms. The molecule has 0 aliphatic heterocycles. The molecule has 1 rings (SSSR count). The fourth-order valence-electron chi connectivity index (χ4n) is 1.06. The molecule has 1 aromatic carbocycles. The molecule has 0 radical (unpaired) electrons. The van der Waals surface area contributed by atoms with Gasteiger partial charge in [-0.2, -0.15) is 0 Å². The standard InChI is InChI=1S/C10H13Cl2N3O/c11-8-2-1-7(9(12)5-8)6-16-4-3-15-10(13)14/h1-2,5H,3-4,6H2,(H4,13,14,15). The van der Waals surface area contributed by atoms with Crippen LogP contribution in [0, 0.1) is 0 Å². The summed E-state index contributed by atoms with van der Waals surface area (Å²) in [6.07, 6.45) is 0. The number of benzene rings is 1. The molecule has 0 aliphatic rings. The molecule has 0 spiro atoms. The van der Waals surface area contributed by atoms with Crippen LogP contribution >= 0.6 is 23.2 Å². The fourth-order valence-corrected chi connectivity index (χ4v) is 1.52. The van der Waals surface area contributed by atoms with Crippen LogP contribution in [0.4, 0.5) is 0 Å². The van der Waals surface area contributed by atoms with Crippen LogP contribution in [0.15, 0.2) is 23.2 Å². The first-order valence-corrected chi connectivity index (χ1v) is 5.42. The minimum Gasteiger partial charge on any atom is -0.375 e. The summed E-state index contributed by atoms with van der Waals surface area (Å²) in [5.41, 5.74) is 11.2. The third-order valence-corrected chi connectivity index (χ3v) is 2.39. The fraction of sp³-hybridized carbons (Fsp3) is 0.300. The van der Waals surface area contributed by atoms with Gasteiger partial charge >= 0.3 is 0 Å². The maximum absolute atomic E-state index is 5.96. The average molecular weight is 262 g/mol. The van der Waals surface area contributed by atoms with Crippen molar-refractivity contribution >= 4 is 29.2 Å². The molecular formula is C10H13Cl2N3O. The number of guanidine groups is 1. The van der Waals surface area contributed by atoms with Crippen LogP contribution < -0.4 is 11.5 Å². The highest BCUT2D eigenvalue weighted by Crippen LogP contribution is 2.21. The third kappa shape index (κ3) is 4.70. The molecule has 1 aromatic rings. The number of rotatable bonds is 5. The molecule has 0 saturated carbocycles. The summed E-state index contributed by atoms with van der Waals surface area (Å²) in [5, 5.41) is 1.20. The Labute approximate surface area is 104 Å². The second-order valence-electron chi connectivity index (χ2n) is 3.09. The van der Waals surface area contributed by atoms with E-state index < -0.39 is 0 Å². The summed E-state index contributed by atoms with van der Waals surface area (Å²) in [7, 11) is 0. The Balaban J connectivity index is 2.35. The Morgan fingerprint density at radius 2 is 2.06 bits per heavy atom. The Kier molecular flexibility index (Phi) is 5.38. The number of nitrogens with zero attached hydrogens (tertiary/aromatic N) is 1. The molecule has 0 unspecified atom stereocenters. The molecular weight excluding hydrogens is 249 g/mol. The predicted octanol–water partition coefficient (Wildman–Crippen LogP) is 1.78. The van der Waals surface area contributed by atoms with Crippen LogP contribution in [0.2, 0.25) is 10.0 Å². The van der Waals surface area contributed by atoms with Crippen LogP contribution in [0.25, 0.3) is 0 Å². The van der Waals surface area contributed by atoms with Gasteiger partial charge in [0.1, 0.15) is 0 Å². The van der Waals surface area contributed by atoms with Crippen molar-refractivity contribution < 1.29 is 4.74 Å². The smallest absolute Gasteiger partial charge is 0.185 e. The van der Waals surface area contributed by atoms with Crippen molar-refractivity contribution in [1.82, 2.24) is 0 Å². The Hall–Kier alpha value is -0.970. The number of nitrogens with two attached hydrogens (primary N) is 2. The van der Waals surface area contributed by atoms with Crippen LogP contribution in [0.5, 0.6) is 0 Å². The van der Waals surface area contributed by atoms with E-state index in [1.165, 1.54) is 0 Å². The van der Waals surface area contributed by atoms with E-state index >= 15 is 0 Å². The van der Waals surface area contributed by atoms with E-state index in [0.717, 1.165) is 5.56 Å². The zero-order chi connectivity index (χ0) is 12.0. The van der Waals surface area contributed by atoms with Crippen molar-refractivity contribution in [3.05, 3.63) is 33.8 Å². The predicted molar refractivity (Wildman–Crippen MR) is 66.8 cm³/mol. The molecule has 0 fully saturated rings. The quantitative estimate of drug-likeness (QED) is 0.482. The average Bonchev–Trinajstić information content (AvgIpc) is 2.20. The minimum atomic E-state index is 0.0631. The van der Waals surface area contributed by atoms with E-state index in [2.05, 4.69) is 4.99 Å². The summed E-state index contributed by atoms with van der Waals surface area (Å²) in [5.74, 6) is 0.0631. The summed E-state index contributed by atoms with van der Waals surface area (Å²) in [4.78, 5) is 3.79. The lowest BCUT2D eigenvalue weighted by molar-refractivity contribution is 0.128. The van der Waals surface area contributed by atoms with Crippen molar-refractivity contribution in [2.75, 3.05) is 13.2 Å². The maximum Gasteiger partial charge on any atom is 0.185 e. The highest BCUT2D eigenvalue weighted by molar-refractivity contribution is 6.35. The molecule has 0 atom stereocenters. The Bertz CT molecular complexity index is 378. The van der Waals surface area contributed by atoms with Gasteiger partial charge in [0.15, 0.2) is 5.96 Å². The van der Waals surface area contributed by atoms with Crippen molar-refractivity contribution in [1.29, 1.82) is 0 Å². The number of halogens is 2. The van der Waals surface area contributed by atoms with E-state index in [1.54, 1.807) is 12.1 Å². The molecule has 0 bridgehead atoms. The number of aliphatic imine (C=N–C) groups is 1. The zero-order valence-corrected chi connectivity index (χ0v) is 10.1. The molecule has 0 amide bonds. The summed E-state index contributed by atoms with van der Waals surface area (Å²) in [6.45, 7) is 1.29. The SMILES string of the molecule is NC(N)=NCCOCc1ccc(Cl)cc1Cl. The summed E-state index contributed by atoms with van der Waals surface area (Å²) < 4.78 is 5.35. The second-order valence-corrected chi connectivity index (χ2v) is 3.94. The first kappa shape index (κ1) is 13.1. The van der Waals surface area contributed by atoms with Gasteiger partial charge in [-0.15, -0.1) is 0 Å². The number of hydrogen-bond donors (Lipinski definition) is 2. The number of ether oxygens (including phenoxy) is 1. The van der Waals surface area contributed by atoms with E-state index in [-0.39, 0.29) is 5.96 Å². The topological polar surface area (TPSA) is 73.6 Å². The van der Waals surface area contributed by atoms with Crippen LogP contribution in [-0.2, 0) is 11.3 Å². The molecule has 0 aromatic heterocycles. The highest BCUT2D eigenvalue weighted by atomic mass is 35.5. The van der Waals surface area contributed by atoms with Gasteiger partial charge in [0.25, 0.3) is 0 Å². The van der Waals surface area contributed by atoms with Crippen molar-refractivity contribution in [2.24, 2.45) is 16.5 Å². The van der Waals surface area contributed by atoms with Gasteiger partial charge in [0, 0.05) is 10.0 Å². The van der Waals surface area contributed by atoms with Gasteiger partial charge in [0.2, 0.25) is 0 Å². The summed E-state index contributed by atoms with van der Waals surface area (Å²) >= 11 is 11.7. The van der Waals surface area contributed by atoms with Crippen LogP contribution in [0.3, 0.4) is 0 Å². The normalized spacial score (nSPS) is 10.1. The van der Waals surface area contributed by atoms with E-state index in [9.17, 15) is 0 Å². The lowest BCUT2D eigenvalue weighted by Crippen LogP contribution is -2.23.